The maximum absolute atomic E-state index is 14.8. The second-order valence-electron chi connectivity index (χ2n) is 14.6. The number of hydrogen-bond donors (Lipinski definition) is 7. The van der Waals surface area contributed by atoms with E-state index < -0.39 is 40.1 Å². The van der Waals surface area contributed by atoms with Crippen molar-refractivity contribution in [2.75, 3.05) is 27.2 Å². The molecule has 0 spiro atoms. The molecule has 0 saturated heterocycles. The lowest BCUT2D eigenvalue weighted by molar-refractivity contribution is -0.142. The summed E-state index contributed by atoms with van der Waals surface area (Å²) in [5.41, 5.74) is 16.1. The van der Waals surface area contributed by atoms with E-state index in [4.69, 9.17) is 21.2 Å². The Morgan fingerprint density at radius 1 is 0.900 bits per heavy atom. The first-order valence-corrected chi connectivity index (χ1v) is 22.1. The molecular weight excluding hydrogens is 805 g/mol. The molecule has 15 nitrogen and oxygen atoms in total. The molecule has 1 aliphatic heterocycles. The van der Waals surface area contributed by atoms with E-state index in [1.165, 1.54) is 28.8 Å². The van der Waals surface area contributed by atoms with Gasteiger partial charge in [0.1, 0.15) is 22.9 Å². The van der Waals surface area contributed by atoms with Gasteiger partial charge in [0.25, 0.3) is 10.1 Å². The van der Waals surface area contributed by atoms with Crippen molar-refractivity contribution in [3.8, 4) is 16.9 Å². The van der Waals surface area contributed by atoms with Crippen LogP contribution in [0.3, 0.4) is 0 Å². The molecule has 0 fully saturated rings. The summed E-state index contributed by atoms with van der Waals surface area (Å²) in [6, 6.07) is 18.1. The number of rotatable bonds is 12. The van der Waals surface area contributed by atoms with Crippen molar-refractivity contribution < 1.29 is 32.1 Å². The Labute approximate surface area is 354 Å². The number of pyridine rings is 1. The first-order chi connectivity index (χ1) is 28.9. The largest absolute Gasteiger partial charge is 0.496 e. The van der Waals surface area contributed by atoms with Crippen LogP contribution in [-0.4, -0.2) is 90.9 Å². The fourth-order valence-corrected chi connectivity index (χ4v) is 9.00. The number of amides is 3. The number of methoxy groups -OCH3 is 1. The van der Waals surface area contributed by atoms with Gasteiger partial charge in [0, 0.05) is 49.9 Å². The standard InChI is InChI=1S/C43H52N8O7S2/c1-51-37(23-29-25-47-34-11-4-3-10-32(29)34)41(53)49-26-33-31(27-14-16-30(17-15-27)60(55,56)57)18-19-38(58-2)39(33)59-42-28(9-8-22-46-42)24-48-35(13-7-21-45)40(52)50-36(43(51)54)12-5-6-20-44/h3-4,8-11,14-19,22,25,35-37,47-48H,5-7,12-13,20-21,23-24,26,44-45H2,1-2H3,(H,49,53)(H,50,52)(H,55,56,57)/t35-,36-,37-/m0/s1. The number of nitrogens with two attached hydrogens (primary N) is 2. The number of fused-ring (bicyclic) bond motifs is 3. The summed E-state index contributed by atoms with van der Waals surface area (Å²) in [4.78, 5) is 53.3. The molecule has 0 unspecified atom stereocenters. The second kappa shape index (κ2) is 20.3. The van der Waals surface area contributed by atoms with E-state index in [1.807, 2.05) is 42.6 Å². The van der Waals surface area contributed by atoms with Crippen molar-refractivity contribution in [1.82, 2.24) is 30.8 Å². The van der Waals surface area contributed by atoms with E-state index in [0.29, 0.717) is 77.6 Å². The number of nitrogens with one attached hydrogen (secondary N) is 4. The Hall–Kier alpha value is -5.30. The molecule has 6 rings (SSSR count). The van der Waals surface area contributed by atoms with Gasteiger partial charge in [0.2, 0.25) is 17.7 Å². The van der Waals surface area contributed by atoms with Crippen molar-refractivity contribution >= 4 is 50.5 Å². The quantitative estimate of drug-likeness (QED) is 0.0693. The van der Waals surface area contributed by atoms with E-state index >= 15 is 0 Å². The summed E-state index contributed by atoms with van der Waals surface area (Å²) >= 11 is 1.33. The molecular formula is C43H52N8O7S2. The molecule has 0 radical (unpaired) electrons. The Kier molecular flexibility index (Phi) is 15.0. The topological polar surface area (TPSA) is 235 Å². The number of aromatic nitrogens is 2. The lowest BCUT2D eigenvalue weighted by atomic mass is 9.98. The first-order valence-electron chi connectivity index (χ1n) is 19.9. The summed E-state index contributed by atoms with van der Waals surface area (Å²) in [6.07, 6.45) is 6.15. The van der Waals surface area contributed by atoms with Gasteiger partial charge in [-0.3, -0.25) is 18.9 Å². The van der Waals surface area contributed by atoms with E-state index in [1.54, 1.807) is 44.6 Å². The number of unbranched alkanes of at least 4 members (excludes halogenated alkanes) is 1. The number of H-pyrrole nitrogens is 1. The lowest BCUT2D eigenvalue weighted by Gasteiger charge is -2.32. The minimum absolute atomic E-state index is 0.0294. The van der Waals surface area contributed by atoms with Crippen LogP contribution < -0.4 is 32.2 Å². The molecule has 17 heteroatoms. The molecule has 2 aromatic heterocycles. The molecule has 60 heavy (non-hydrogen) atoms. The number of benzene rings is 3. The van der Waals surface area contributed by atoms with Gasteiger partial charge in [-0.15, -0.1) is 0 Å². The maximum atomic E-state index is 14.8. The van der Waals surface area contributed by atoms with Crippen LogP contribution in [0.15, 0.2) is 100 Å². The Morgan fingerprint density at radius 2 is 1.65 bits per heavy atom. The zero-order chi connectivity index (χ0) is 42.8. The first kappa shape index (κ1) is 44.3. The number of ether oxygens (including phenoxy) is 1. The van der Waals surface area contributed by atoms with Crippen molar-refractivity contribution in [2.24, 2.45) is 11.5 Å². The average molecular weight is 857 g/mol. The third-order valence-corrected chi connectivity index (χ3v) is 12.8. The zero-order valence-corrected chi connectivity index (χ0v) is 35.3. The van der Waals surface area contributed by atoms with Crippen LogP contribution in [0.2, 0.25) is 0 Å². The summed E-state index contributed by atoms with van der Waals surface area (Å²) < 4.78 is 39.5. The number of nitrogens with zero attached hydrogens (tertiary/aromatic N) is 2. The molecule has 3 atom stereocenters. The molecule has 3 amide bonds. The molecule has 5 aromatic rings. The Bertz CT molecular complexity index is 2410. The van der Waals surface area contributed by atoms with Gasteiger partial charge < -0.3 is 42.0 Å². The summed E-state index contributed by atoms with van der Waals surface area (Å²) in [6.45, 7) is 1.01. The SMILES string of the molecule is COc1ccc(-c2ccc(S(=O)(=O)O)cc2)c2c1Sc1ncccc1CN[C@@H](CCCN)C(=O)N[C@@H](CCCCN)C(=O)N(C)[C@@H](Cc1c[nH]c3ccccc13)C(=O)NC2. The predicted octanol–water partition coefficient (Wildman–Crippen LogP) is 4.15. The fourth-order valence-electron chi connectivity index (χ4n) is 7.39. The molecule has 318 valence electrons. The predicted molar refractivity (Wildman–Crippen MR) is 231 cm³/mol. The second-order valence-corrected chi connectivity index (χ2v) is 17.1. The van der Waals surface area contributed by atoms with Crippen LogP contribution in [-0.2, 0) is 44.0 Å². The number of aromatic amines is 1. The number of hydrogen-bond acceptors (Lipinski definition) is 11. The van der Waals surface area contributed by atoms with Gasteiger partial charge >= 0.3 is 0 Å². The average Bonchev–Trinajstić information content (AvgIpc) is 3.66. The van der Waals surface area contributed by atoms with Crippen LogP contribution in [0.25, 0.3) is 22.0 Å². The molecule has 0 bridgehead atoms. The highest BCUT2D eigenvalue weighted by Gasteiger charge is 2.34. The van der Waals surface area contributed by atoms with Gasteiger partial charge in [-0.1, -0.05) is 54.2 Å². The third-order valence-electron chi connectivity index (χ3n) is 10.7. The monoisotopic (exact) mass is 856 g/mol. The summed E-state index contributed by atoms with van der Waals surface area (Å²) in [5, 5.41) is 11.1. The van der Waals surface area contributed by atoms with Crippen LogP contribution >= 0.6 is 11.8 Å². The lowest BCUT2D eigenvalue weighted by Crippen LogP contribution is -2.57. The van der Waals surface area contributed by atoms with E-state index in [0.717, 1.165) is 22.0 Å². The van der Waals surface area contributed by atoms with Crippen molar-refractivity contribution in [1.29, 1.82) is 0 Å². The highest BCUT2D eigenvalue weighted by atomic mass is 32.2. The van der Waals surface area contributed by atoms with Gasteiger partial charge in [0.15, 0.2) is 0 Å². The van der Waals surface area contributed by atoms with Crippen molar-refractivity contribution in [3.63, 3.8) is 0 Å². The van der Waals surface area contributed by atoms with Gasteiger partial charge in [-0.2, -0.15) is 8.42 Å². The van der Waals surface area contributed by atoms with Gasteiger partial charge in [-0.05, 0) is 103 Å². The molecule has 9 N–H and O–H groups in total. The zero-order valence-electron chi connectivity index (χ0n) is 33.6. The number of likely N-dealkylation sites (N-methyl/N-ethyl adjacent to an activating group) is 1. The maximum Gasteiger partial charge on any atom is 0.294 e. The van der Waals surface area contributed by atoms with E-state index in [-0.39, 0.29) is 30.3 Å². The number of carbonyl (C=O) groups is 3. The van der Waals surface area contributed by atoms with Crippen molar-refractivity contribution in [3.05, 3.63) is 102 Å². The van der Waals surface area contributed by atoms with Crippen LogP contribution in [0.4, 0.5) is 0 Å². The minimum atomic E-state index is -4.45. The molecule has 1 aliphatic rings. The minimum Gasteiger partial charge on any atom is -0.496 e. The normalized spacial score (nSPS) is 18.3. The van der Waals surface area contributed by atoms with E-state index in [2.05, 4.69) is 20.9 Å². The van der Waals surface area contributed by atoms with Crippen LogP contribution in [0, 0.1) is 0 Å². The number of carbonyl (C=O) groups excluding carboxylic acids is 3. The van der Waals surface area contributed by atoms with Gasteiger partial charge in [-0.25, -0.2) is 4.98 Å². The smallest absolute Gasteiger partial charge is 0.294 e. The van der Waals surface area contributed by atoms with Crippen molar-refractivity contribution in [2.45, 2.75) is 84.6 Å². The Morgan fingerprint density at radius 3 is 2.38 bits per heavy atom. The molecule has 3 heterocycles. The molecule has 3 aromatic carbocycles. The highest BCUT2D eigenvalue weighted by molar-refractivity contribution is 7.99. The third kappa shape index (κ3) is 10.5. The van der Waals surface area contributed by atoms with Crippen LogP contribution in [0.1, 0.15) is 48.8 Å². The van der Waals surface area contributed by atoms with Crippen LogP contribution in [0.5, 0.6) is 5.75 Å². The Balaban J connectivity index is 1.50. The molecule has 0 aliphatic carbocycles. The molecule has 0 saturated carbocycles. The van der Waals surface area contributed by atoms with Gasteiger partial charge in [0.05, 0.1) is 22.9 Å². The summed E-state index contributed by atoms with van der Waals surface area (Å²) in [7, 11) is -1.33. The fraction of sp³-hybridized carbons (Fsp3) is 0.349. The highest BCUT2D eigenvalue weighted by Crippen LogP contribution is 2.42. The summed E-state index contributed by atoms with van der Waals surface area (Å²) in [5.74, 6) is -0.734. The van der Waals surface area contributed by atoms with E-state index in [9.17, 15) is 27.4 Å². The number of para-hydroxylation sites is 1.